The molecule has 2 fully saturated rings. The van der Waals surface area contributed by atoms with Gasteiger partial charge in [0.1, 0.15) is 17.0 Å². The number of anilines is 3. The van der Waals surface area contributed by atoms with E-state index in [4.69, 9.17) is 10.5 Å². The van der Waals surface area contributed by atoms with Crippen molar-refractivity contribution in [3.05, 3.63) is 54.0 Å². The Morgan fingerprint density at radius 2 is 2.14 bits per heavy atom. The van der Waals surface area contributed by atoms with Gasteiger partial charge in [0.25, 0.3) is 5.91 Å². The zero-order valence-corrected chi connectivity index (χ0v) is 20.4. The number of nitrogens with one attached hydrogen (secondary N) is 2. The molecule has 37 heavy (non-hydrogen) atoms. The van der Waals surface area contributed by atoms with Gasteiger partial charge in [0, 0.05) is 39.4 Å². The largest absolute Gasteiger partial charge is 0.375 e. The van der Waals surface area contributed by atoms with Crippen LogP contribution in [0.25, 0.3) is 22.3 Å². The first-order chi connectivity index (χ1) is 17.9. The van der Waals surface area contributed by atoms with Crippen LogP contribution in [0.2, 0.25) is 0 Å². The number of likely N-dealkylation sites (tertiary alicyclic amines) is 1. The summed E-state index contributed by atoms with van der Waals surface area (Å²) >= 11 is 0. The van der Waals surface area contributed by atoms with Gasteiger partial charge in [-0.05, 0) is 24.1 Å². The number of hydrogen-bond donors (Lipinski definition) is 3. The number of aromatic nitrogens is 5. The molecular weight excluding hydrogens is 477 g/mol. The second-order valence-electron chi connectivity index (χ2n) is 9.36. The highest BCUT2D eigenvalue weighted by Crippen LogP contribution is 2.33. The molecule has 11 nitrogen and oxygen atoms in total. The third-order valence-electron chi connectivity index (χ3n) is 6.95. The SMILES string of the molecule is CNc1nc(Nc2ccc(CN3C[C@H]4C[C@@H]3CO4)cc2F)c(C(N)=O)nc1-c1cncc2c1ncn2C. The molecule has 0 saturated carbocycles. The van der Waals surface area contributed by atoms with E-state index >= 15 is 4.39 Å². The summed E-state index contributed by atoms with van der Waals surface area (Å²) in [4.78, 5) is 32.5. The maximum atomic E-state index is 15.1. The van der Waals surface area contributed by atoms with Crippen molar-refractivity contribution >= 4 is 34.3 Å². The third kappa shape index (κ3) is 4.13. The summed E-state index contributed by atoms with van der Waals surface area (Å²) in [5, 5.41) is 5.90. The second kappa shape index (κ2) is 9.05. The van der Waals surface area contributed by atoms with E-state index in [-0.39, 0.29) is 23.3 Å². The van der Waals surface area contributed by atoms with Crippen molar-refractivity contribution in [3.8, 4) is 11.3 Å². The number of hydrogen-bond acceptors (Lipinski definition) is 9. The van der Waals surface area contributed by atoms with Crippen LogP contribution in [0.15, 0.2) is 36.9 Å². The van der Waals surface area contributed by atoms with Crippen LogP contribution in [-0.2, 0) is 18.3 Å². The highest BCUT2D eigenvalue weighted by atomic mass is 19.1. The summed E-state index contributed by atoms with van der Waals surface area (Å²) in [6.45, 7) is 2.25. The average molecular weight is 504 g/mol. The van der Waals surface area contributed by atoms with E-state index in [0.29, 0.717) is 35.2 Å². The van der Waals surface area contributed by atoms with Crippen molar-refractivity contribution in [1.29, 1.82) is 0 Å². The van der Waals surface area contributed by atoms with Crippen LogP contribution in [0.5, 0.6) is 0 Å². The summed E-state index contributed by atoms with van der Waals surface area (Å²) in [6, 6.07) is 5.38. The molecule has 4 aromatic rings. The van der Waals surface area contributed by atoms with Crippen molar-refractivity contribution in [1.82, 2.24) is 29.4 Å². The molecule has 2 atom stereocenters. The number of halogens is 1. The number of morpholine rings is 1. The van der Waals surface area contributed by atoms with Crippen LogP contribution in [0.3, 0.4) is 0 Å². The van der Waals surface area contributed by atoms with Crippen LogP contribution in [0.4, 0.5) is 21.7 Å². The van der Waals surface area contributed by atoms with E-state index in [1.54, 1.807) is 31.8 Å². The smallest absolute Gasteiger partial charge is 0.271 e. The summed E-state index contributed by atoms with van der Waals surface area (Å²) < 4.78 is 22.6. The standard InChI is InChI=1S/C25H26FN9O2/c1-28-24-21(16-7-29-8-19-20(16)30-12-34(19)2)32-22(23(27)36)25(33-24)31-18-4-3-13(5-17(18)26)9-35-10-15-6-14(35)11-37-15/h3-5,7-8,12,14-15H,6,9-11H2,1-2H3,(H2,27,36)(H2,28,31,33)/t14-,15-/m1/s1. The summed E-state index contributed by atoms with van der Waals surface area (Å²) in [7, 11) is 3.54. The average Bonchev–Trinajstić information content (AvgIpc) is 3.61. The predicted molar refractivity (Wildman–Crippen MR) is 136 cm³/mol. The quantitative estimate of drug-likeness (QED) is 0.347. The Bertz CT molecular complexity index is 1520. The highest BCUT2D eigenvalue weighted by molar-refractivity contribution is 5.99. The lowest BCUT2D eigenvalue weighted by Gasteiger charge is -2.26. The zero-order chi connectivity index (χ0) is 25.7. The maximum absolute atomic E-state index is 15.1. The molecule has 0 aliphatic carbocycles. The molecule has 190 valence electrons. The van der Waals surface area contributed by atoms with Crippen LogP contribution in [0, 0.1) is 5.82 Å². The Morgan fingerprint density at radius 3 is 2.84 bits per heavy atom. The van der Waals surface area contributed by atoms with E-state index < -0.39 is 11.7 Å². The molecule has 12 heteroatoms. The molecule has 4 N–H and O–H groups in total. The lowest BCUT2D eigenvalue weighted by atomic mass is 10.1. The minimum Gasteiger partial charge on any atom is -0.375 e. The van der Waals surface area contributed by atoms with Gasteiger partial charge >= 0.3 is 0 Å². The fourth-order valence-corrected chi connectivity index (χ4v) is 5.07. The number of aryl methyl sites for hydroxylation is 1. The Kier molecular flexibility index (Phi) is 5.69. The minimum atomic E-state index is -0.802. The van der Waals surface area contributed by atoms with Crippen molar-refractivity contribution in [2.45, 2.75) is 25.1 Å². The lowest BCUT2D eigenvalue weighted by Crippen LogP contribution is -2.36. The Labute approximate surface area is 211 Å². The van der Waals surface area contributed by atoms with Gasteiger partial charge in [-0.1, -0.05) is 6.07 Å². The van der Waals surface area contributed by atoms with Gasteiger partial charge in [0.05, 0.1) is 42.0 Å². The molecule has 6 rings (SSSR count). The summed E-state index contributed by atoms with van der Waals surface area (Å²) in [5.41, 5.74) is 8.94. The van der Waals surface area contributed by atoms with Crippen LogP contribution in [-0.4, -0.2) is 67.7 Å². The van der Waals surface area contributed by atoms with Gasteiger partial charge in [-0.3, -0.25) is 14.7 Å². The number of rotatable bonds is 7. The number of nitrogens with zero attached hydrogens (tertiary/aromatic N) is 6. The summed E-state index contributed by atoms with van der Waals surface area (Å²) in [6.07, 6.45) is 6.28. The van der Waals surface area contributed by atoms with Gasteiger partial charge in [-0.15, -0.1) is 0 Å². The predicted octanol–water partition coefficient (Wildman–Crippen LogP) is 2.42. The first-order valence-corrected chi connectivity index (χ1v) is 12.0. The van der Waals surface area contributed by atoms with Crippen molar-refractivity contribution in [2.24, 2.45) is 12.8 Å². The molecule has 5 heterocycles. The van der Waals surface area contributed by atoms with Crippen LogP contribution >= 0.6 is 0 Å². The maximum Gasteiger partial charge on any atom is 0.271 e. The number of ether oxygens (including phenoxy) is 1. The van der Waals surface area contributed by atoms with E-state index in [0.717, 1.165) is 30.7 Å². The Morgan fingerprint density at radius 1 is 1.27 bits per heavy atom. The number of nitrogens with two attached hydrogens (primary N) is 1. The second-order valence-corrected chi connectivity index (χ2v) is 9.36. The zero-order valence-electron chi connectivity index (χ0n) is 20.4. The number of fused-ring (bicyclic) bond motifs is 3. The minimum absolute atomic E-state index is 0.0439. The molecule has 0 unspecified atom stereocenters. The number of carbonyl (C=O) groups excluding carboxylic acids is 1. The molecule has 2 aliphatic heterocycles. The van der Waals surface area contributed by atoms with E-state index in [1.807, 2.05) is 17.7 Å². The first-order valence-electron chi connectivity index (χ1n) is 12.0. The number of pyridine rings is 1. The number of benzene rings is 1. The summed E-state index contributed by atoms with van der Waals surface area (Å²) in [5.74, 6) is -0.866. The molecule has 1 amide bonds. The lowest BCUT2D eigenvalue weighted by molar-refractivity contribution is 0.0273. The van der Waals surface area contributed by atoms with Crippen molar-refractivity contribution in [3.63, 3.8) is 0 Å². The number of primary amides is 1. The fourth-order valence-electron chi connectivity index (χ4n) is 5.07. The van der Waals surface area contributed by atoms with Crippen molar-refractivity contribution in [2.75, 3.05) is 30.8 Å². The Balaban J connectivity index is 1.32. The molecule has 0 radical (unpaired) electrons. The fraction of sp³-hybridized carbons (Fsp3) is 0.320. The molecule has 2 aliphatic rings. The topological polar surface area (TPSA) is 136 Å². The molecule has 0 spiro atoms. The molecular formula is C25H26FN9O2. The number of amides is 1. The van der Waals surface area contributed by atoms with Gasteiger partial charge in [-0.2, -0.15) is 0 Å². The van der Waals surface area contributed by atoms with Crippen molar-refractivity contribution < 1.29 is 13.9 Å². The highest BCUT2D eigenvalue weighted by Gasteiger charge is 2.38. The molecule has 2 saturated heterocycles. The monoisotopic (exact) mass is 503 g/mol. The molecule has 2 bridgehead atoms. The Hall–Kier alpha value is -4.16. The third-order valence-corrected chi connectivity index (χ3v) is 6.95. The first kappa shape index (κ1) is 23.3. The van der Waals surface area contributed by atoms with E-state index in [2.05, 4.69) is 35.5 Å². The van der Waals surface area contributed by atoms with E-state index in [9.17, 15) is 4.79 Å². The van der Waals surface area contributed by atoms with E-state index in [1.165, 1.54) is 6.07 Å². The molecule has 3 aromatic heterocycles. The van der Waals surface area contributed by atoms with Gasteiger partial charge < -0.3 is 25.7 Å². The van der Waals surface area contributed by atoms with Gasteiger partial charge in [-0.25, -0.2) is 19.3 Å². The number of imidazole rings is 1. The van der Waals surface area contributed by atoms with Crippen LogP contribution in [0.1, 0.15) is 22.5 Å². The van der Waals surface area contributed by atoms with Crippen LogP contribution < -0.4 is 16.4 Å². The van der Waals surface area contributed by atoms with Gasteiger partial charge in [0.2, 0.25) is 0 Å². The number of carbonyl (C=O) groups is 1. The van der Waals surface area contributed by atoms with Gasteiger partial charge in [0.15, 0.2) is 17.3 Å². The normalized spacial score (nSPS) is 19.0. The molecule has 1 aromatic carbocycles.